The molecular formula is C22H24FN3O3S. The maximum atomic E-state index is 14.2. The van der Waals surface area contributed by atoms with Crippen LogP contribution in [0.4, 0.5) is 4.39 Å². The number of thiophene rings is 1. The molecule has 1 amide bonds. The van der Waals surface area contributed by atoms with E-state index in [0.717, 1.165) is 25.7 Å². The number of hydrogen-bond donors (Lipinski definition) is 1. The van der Waals surface area contributed by atoms with Gasteiger partial charge in [0.25, 0.3) is 5.56 Å². The first kappa shape index (κ1) is 20.5. The van der Waals surface area contributed by atoms with Crippen LogP contribution in [0.15, 0.2) is 45.3 Å². The largest absolute Gasteiger partial charge is 0.359 e. The number of aromatic nitrogens is 2. The van der Waals surface area contributed by atoms with E-state index in [1.54, 1.807) is 36.7 Å². The Hall–Kier alpha value is -2.74. The second kappa shape index (κ2) is 8.55. The van der Waals surface area contributed by atoms with Crippen LogP contribution in [-0.2, 0) is 17.9 Å². The zero-order valence-electron chi connectivity index (χ0n) is 16.8. The summed E-state index contributed by atoms with van der Waals surface area (Å²) in [6.45, 7) is 0.395. The van der Waals surface area contributed by atoms with Crippen molar-refractivity contribution >= 4 is 27.5 Å². The van der Waals surface area contributed by atoms with Crippen LogP contribution in [0.2, 0.25) is 0 Å². The van der Waals surface area contributed by atoms with E-state index in [2.05, 4.69) is 5.32 Å². The summed E-state index contributed by atoms with van der Waals surface area (Å²) in [5.41, 5.74) is 0.243. The molecule has 1 aromatic carbocycles. The predicted octanol–water partition coefficient (Wildman–Crippen LogP) is 2.96. The van der Waals surface area contributed by atoms with Gasteiger partial charge < -0.3 is 5.32 Å². The Morgan fingerprint density at radius 3 is 2.57 bits per heavy atom. The van der Waals surface area contributed by atoms with Gasteiger partial charge in [-0.1, -0.05) is 18.2 Å². The fraction of sp³-hybridized carbons (Fsp3) is 0.409. The average Bonchev–Trinajstić information content (AvgIpc) is 3.25. The summed E-state index contributed by atoms with van der Waals surface area (Å²) in [6, 6.07) is 8.09. The number of hydrogen-bond acceptors (Lipinski definition) is 4. The zero-order chi connectivity index (χ0) is 21.3. The van der Waals surface area contributed by atoms with E-state index in [1.165, 1.54) is 26.5 Å². The standard InChI is InChI=1S/C22H24FN3O3S/c1-24-20(27)15-8-6-14(7-9-15)12-26-21(28)19-18(10-11-30-19)25(22(26)29)13-16-4-2-3-5-17(16)23/h2-5,10-11,14-15H,6-9,12-13H2,1H3,(H,24,27). The summed E-state index contributed by atoms with van der Waals surface area (Å²) in [7, 11) is 1.64. The highest BCUT2D eigenvalue weighted by Gasteiger charge is 2.27. The summed E-state index contributed by atoms with van der Waals surface area (Å²) in [5.74, 6) is -0.160. The molecule has 1 aliphatic carbocycles. The second-order valence-electron chi connectivity index (χ2n) is 7.84. The molecule has 158 valence electrons. The molecule has 3 aromatic rings. The van der Waals surface area contributed by atoms with Gasteiger partial charge in [-0.05, 0) is 49.1 Å². The van der Waals surface area contributed by atoms with Gasteiger partial charge in [-0.2, -0.15) is 0 Å². The highest BCUT2D eigenvalue weighted by atomic mass is 32.1. The smallest absolute Gasteiger partial charge is 0.331 e. The molecule has 1 saturated carbocycles. The molecule has 1 aliphatic rings. The van der Waals surface area contributed by atoms with Crippen LogP contribution in [0.3, 0.4) is 0 Å². The van der Waals surface area contributed by atoms with Gasteiger partial charge in [0.2, 0.25) is 5.91 Å². The van der Waals surface area contributed by atoms with Gasteiger partial charge in [0.1, 0.15) is 10.5 Å². The van der Waals surface area contributed by atoms with Gasteiger partial charge >= 0.3 is 5.69 Å². The van der Waals surface area contributed by atoms with Crippen LogP contribution >= 0.6 is 11.3 Å². The molecule has 0 spiro atoms. The van der Waals surface area contributed by atoms with E-state index in [1.807, 2.05) is 0 Å². The number of amides is 1. The molecule has 4 rings (SSSR count). The molecule has 6 nitrogen and oxygen atoms in total. The van der Waals surface area contributed by atoms with Crippen LogP contribution in [0.25, 0.3) is 10.2 Å². The fourth-order valence-corrected chi connectivity index (χ4v) is 5.16. The molecule has 1 fully saturated rings. The van der Waals surface area contributed by atoms with E-state index >= 15 is 0 Å². The van der Waals surface area contributed by atoms with Crippen molar-refractivity contribution in [3.05, 3.63) is 67.9 Å². The molecule has 0 saturated heterocycles. The lowest BCUT2D eigenvalue weighted by atomic mass is 9.81. The van der Waals surface area contributed by atoms with Crippen molar-refractivity contribution < 1.29 is 9.18 Å². The highest BCUT2D eigenvalue weighted by Crippen LogP contribution is 2.29. The van der Waals surface area contributed by atoms with Crippen molar-refractivity contribution in [1.29, 1.82) is 0 Å². The second-order valence-corrected chi connectivity index (χ2v) is 8.76. The minimum atomic E-state index is -0.414. The van der Waals surface area contributed by atoms with E-state index in [-0.39, 0.29) is 35.7 Å². The highest BCUT2D eigenvalue weighted by molar-refractivity contribution is 7.17. The molecule has 8 heteroatoms. The zero-order valence-corrected chi connectivity index (χ0v) is 17.6. The van der Waals surface area contributed by atoms with Crippen LogP contribution in [0.5, 0.6) is 0 Å². The van der Waals surface area contributed by atoms with E-state index in [9.17, 15) is 18.8 Å². The molecule has 1 N–H and O–H groups in total. The third-order valence-electron chi connectivity index (χ3n) is 6.03. The van der Waals surface area contributed by atoms with Gasteiger partial charge in [-0.25, -0.2) is 9.18 Å². The molecule has 0 bridgehead atoms. The number of nitrogens with zero attached hydrogens (tertiary/aromatic N) is 2. The normalized spacial score (nSPS) is 19.1. The van der Waals surface area contributed by atoms with Gasteiger partial charge in [0.05, 0.1) is 12.1 Å². The fourth-order valence-electron chi connectivity index (χ4n) is 4.31. The number of carbonyl (C=O) groups excluding carboxylic acids is 1. The lowest BCUT2D eigenvalue weighted by molar-refractivity contribution is -0.125. The maximum absolute atomic E-state index is 14.2. The molecule has 0 aliphatic heterocycles. The maximum Gasteiger partial charge on any atom is 0.331 e. The topological polar surface area (TPSA) is 73.1 Å². The SMILES string of the molecule is CNC(=O)C1CCC(Cn2c(=O)c3sccc3n(Cc3ccccc3F)c2=O)CC1. The van der Waals surface area contributed by atoms with Crippen molar-refractivity contribution in [3.63, 3.8) is 0 Å². The summed E-state index contributed by atoms with van der Waals surface area (Å²) >= 11 is 1.30. The Morgan fingerprint density at radius 1 is 1.13 bits per heavy atom. The van der Waals surface area contributed by atoms with Crippen molar-refractivity contribution in [3.8, 4) is 0 Å². The Balaban J connectivity index is 1.66. The summed E-state index contributed by atoms with van der Waals surface area (Å²) < 4.78 is 17.5. The molecular weight excluding hydrogens is 405 g/mol. The molecule has 2 heterocycles. The van der Waals surface area contributed by atoms with Crippen LogP contribution in [0, 0.1) is 17.7 Å². The lowest BCUT2D eigenvalue weighted by Crippen LogP contribution is -2.42. The number of fused-ring (bicyclic) bond motifs is 1. The molecule has 0 unspecified atom stereocenters. The summed E-state index contributed by atoms with van der Waals surface area (Å²) in [5, 5.41) is 4.47. The predicted molar refractivity (Wildman–Crippen MR) is 115 cm³/mol. The average molecular weight is 430 g/mol. The quantitative estimate of drug-likeness (QED) is 0.678. The molecule has 2 aromatic heterocycles. The summed E-state index contributed by atoms with van der Waals surface area (Å²) in [4.78, 5) is 38.1. The van der Waals surface area contributed by atoms with E-state index < -0.39 is 5.69 Å². The van der Waals surface area contributed by atoms with Gasteiger partial charge in [-0.15, -0.1) is 11.3 Å². The molecule has 0 radical (unpaired) electrons. The number of rotatable bonds is 5. The first-order valence-corrected chi connectivity index (χ1v) is 11.0. The molecule has 0 atom stereocenters. The Morgan fingerprint density at radius 2 is 1.87 bits per heavy atom. The number of carbonyl (C=O) groups is 1. The number of nitrogens with one attached hydrogen (secondary N) is 1. The van der Waals surface area contributed by atoms with Crippen LogP contribution in [-0.4, -0.2) is 22.1 Å². The van der Waals surface area contributed by atoms with E-state index in [0.29, 0.717) is 22.3 Å². The summed E-state index contributed by atoms with van der Waals surface area (Å²) in [6.07, 6.45) is 3.09. The molecule has 30 heavy (non-hydrogen) atoms. The Kier molecular flexibility index (Phi) is 5.85. The van der Waals surface area contributed by atoms with Crippen molar-refractivity contribution in [2.24, 2.45) is 11.8 Å². The Labute approximate surface area is 177 Å². The van der Waals surface area contributed by atoms with Crippen molar-refractivity contribution in [1.82, 2.24) is 14.5 Å². The van der Waals surface area contributed by atoms with E-state index in [4.69, 9.17) is 0 Å². The third-order valence-corrected chi connectivity index (χ3v) is 6.92. The number of halogens is 1. The van der Waals surface area contributed by atoms with Crippen LogP contribution in [0.1, 0.15) is 31.2 Å². The van der Waals surface area contributed by atoms with Gasteiger partial charge in [-0.3, -0.25) is 18.7 Å². The minimum absolute atomic E-state index is 0.000428. The first-order chi connectivity index (χ1) is 14.5. The minimum Gasteiger partial charge on any atom is -0.359 e. The first-order valence-electron chi connectivity index (χ1n) is 10.2. The number of benzene rings is 1. The van der Waals surface area contributed by atoms with Crippen molar-refractivity contribution in [2.75, 3.05) is 7.05 Å². The lowest BCUT2D eigenvalue weighted by Gasteiger charge is -2.27. The van der Waals surface area contributed by atoms with Crippen molar-refractivity contribution in [2.45, 2.75) is 38.8 Å². The third kappa shape index (κ3) is 3.84. The van der Waals surface area contributed by atoms with Gasteiger partial charge in [0, 0.05) is 25.1 Å². The van der Waals surface area contributed by atoms with Gasteiger partial charge in [0.15, 0.2) is 0 Å². The Bertz CT molecular complexity index is 1190. The monoisotopic (exact) mass is 429 g/mol. The van der Waals surface area contributed by atoms with Crippen LogP contribution < -0.4 is 16.6 Å².